The third kappa shape index (κ3) is 6.44. The first-order valence-electron chi connectivity index (χ1n) is 13.2. The molecule has 0 saturated carbocycles. The Balaban J connectivity index is 1.46. The van der Waals surface area contributed by atoms with E-state index in [0.717, 1.165) is 67.6 Å². The molecule has 0 N–H and O–H groups in total. The zero-order chi connectivity index (χ0) is 26.5. The molecule has 1 aromatic heterocycles. The molecule has 2 saturated heterocycles. The minimum absolute atomic E-state index is 0.135. The van der Waals surface area contributed by atoms with E-state index in [9.17, 15) is 8.42 Å². The summed E-state index contributed by atoms with van der Waals surface area (Å²) >= 11 is 1.58. The molecular formula is C28H36N4O4S2. The number of aromatic nitrogens is 1. The highest BCUT2D eigenvalue weighted by molar-refractivity contribution is 7.89. The third-order valence-electron chi connectivity index (χ3n) is 6.89. The molecule has 3 aromatic rings. The number of sulfonamides is 1. The molecular weight excluding hydrogens is 520 g/mol. The van der Waals surface area contributed by atoms with Crippen molar-refractivity contribution < 1.29 is 17.9 Å². The van der Waals surface area contributed by atoms with Gasteiger partial charge in [-0.05, 0) is 44.5 Å². The minimum atomic E-state index is -3.64. The van der Waals surface area contributed by atoms with E-state index in [0.29, 0.717) is 18.0 Å². The third-order valence-corrected chi connectivity index (χ3v) is 9.58. The van der Waals surface area contributed by atoms with Gasteiger partial charge >= 0.3 is 0 Å². The number of rotatable bonds is 8. The van der Waals surface area contributed by atoms with Crippen molar-refractivity contribution in [2.75, 3.05) is 45.9 Å². The van der Waals surface area contributed by atoms with Gasteiger partial charge in [0.25, 0.3) is 0 Å². The highest BCUT2D eigenvalue weighted by atomic mass is 32.2. The largest absolute Gasteiger partial charge is 0.379 e. The second-order valence-corrected chi connectivity index (χ2v) is 12.7. The van der Waals surface area contributed by atoms with Crippen molar-refractivity contribution >= 4 is 27.0 Å². The lowest BCUT2D eigenvalue weighted by molar-refractivity contribution is -0.0440. The van der Waals surface area contributed by atoms with Gasteiger partial charge in [-0.2, -0.15) is 4.31 Å². The van der Waals surface area contributed by atoms with E-state index < -0.39 is 10.0 Å². The first kappa shape index (κ1) is 27.2. The quantitative estimate of drug-likeness (QED) is 0.420. The number of para-hydroxylation sites is 1. The van der Waals surface area contributed by atoms with Gasteiger partial charge in [-0.15, -0.1) is 11.3 Å². The van der Waals surface area contributed by atoms with Gasteiger partial charge in [0.05, 0.1) is 41.7 Å². The second-order valence-electron chi connectivity index (χ2n) is 9.92. The maximum Gasteiger partial charge on any atom is 0.243 e. The fraction of sp³-hybridized carbons (Fsp3) is 0.464. The summed E-state index contributed by atoms with van der Waals surface area (Å²) in [5, 5.41) is 2.08. The molecule has 0 aliphatic carbocycles. The van der Waals surface area contributed by atoms with Gasteiger partial charge in [-0.25, -0.2) is 13.4 Å². The van der Waals surface area contributed by atoms with Crippen LogP contribution < -0.4 is 4.80 Å². The highest BCUT2D eigenvalue weighted by Gasteiger charge is 2.32. The van der Waals surface area contributed by atoms with Crippen LogP contribution in [0.4, 0.5) is 5.69 Å². The summed E-state index contributed by atoms with van der Waals surface area (Å²) in [6.45, 7) is 9.81. The molecule has 5 rings (SSSR count). The molecule has 2 fully saturated rings. The van der Waals surface area contributed by atoms with Gasteiger partial charge in [0.15, 0.2) is 4.80 Å². The highest BCUT2D eigenvalue weighted by Crippen LogP contribution is 2.27. The molecule has 0 unspecified atom stereocenters. The van der Waals surface area contributed by atoms with E-state index in [1.165, 1.54) is 0 Å². The minimum Gasteiger partial charge on any atom is -0.379 e. The van der Waals surface area contributed by atoms with Crippen molar-refractivity contribution in [3.63, 3.8) is 0 Å². The van der Waals surface area contributed by atoms with Crippen LogP contribution in [-0.4, -0.2) is 80.3 Å². The van der Waals surface area contributed by atoms with Crippen molar-refractivity contribution in [3.05, 3.63) is 64.8 Å². The molecule has 2 aromatic carbocycles. The number of ether oxygens (including phenoxy) is 2. The molecule has 0 radical (unpaired) electrons. The van der Waals surface area contributed by atoms with Crippen molar-refractivity contribution in [1.29, 1.82) is 0 Å². The van der Waals surface area contributed by atoms with Crippen molar-refractivity contribution in [3.8, 4) is 11.3 Å². The van der Waals surface area contributed by atoms with E-state index in [4.69, 9.17) is 14.5 Å². The summed E-state index contributed by atoms with van der Waals surface area (Å²) in [5.41, 5.74) is 2.75. The molecule has 0 bridgehead atoms. The maximum absolute atomic E-state index is 13.6. The molecule has 204 valence electrons. The van der Waals surface area contributed by atoms with Crippen LogP contribution in [0.25, 0.3) is 11.3 Å². The van der Waals surface area contributed by atoms with Crippen LogP contribution in [0.5, 0.6) is 0 Å². The molecule has 0 amide bonds. The fourth-order valence-corrected chi connectivity index (χ4v) is 7.64. The van der Waals surface area contributed by atoms with E-state index in [2.05, 4.69) is 14.8 Å². The molecule has 3 heterocycles. The summed E-state index contributed by atoms with van der Waals surface area (Å²) in [4.78, 5) is 8.56. The van der Waals surface area contributed by atoms with E-state index >= 15 is 0 Å². The lowest BCUT2D eigenvalue weighted by atomic mass is 10.1. The summed E-state index contributed by atoms with van der Waals surface area (Å²) in [7, 11) is -3.64. The summed E-state index contributed by atoms with van der Waals surface area (Å²) in [6.07, 6.45) is 0.696. The Morgan fingerprint density at radius 2 is 1.71 bits per heavy atom. The Morgan fingerprint density at radius 1 is 0.974 bits per heavy atom. The lowest BCUT2D eigenvalue weighted by Gasteiger charge is -2.34. The zero-order valence-electron chi connectivity index (χ0n) is 22.0. The zero-order valence-corrected chi connectivity index (χ0v) is 23.7. The van der Waals surface area contributed by atoms with E-state index in [1.807, 2.05) is 56.3 Å². The smallest absolute Gasteiger partial charge is 0.243 e. The standard InChI is InChI=1S/C28H36N4O4S2/c1-22-19-31(20-23(2)36-22)38(33,34)26-11-6-8-24(18-26)27-21-37-28(29-25-9-4-3-5-10-25)32(27)13-7-12-30-14-16-35-17-15-30/h3-6,8-11,18,21-23H,7,12-17,19-20H2,1-2H3/t22-,23-/m1/s1. The number of hydrogen-bond donors (Lipinski definition) is 0. The number of nitrogens with zero attached hydrogens (tertiary/aromatic N) is 4. The van der Waals surface area contributed by atoms with Gasteiger partial charge in [-0.1, -0.05) is 30.3 Å². The first-order valence-corrected chi connectivity index (χ1v) is 15.6. The van der Waals surface area contributed by atoms with Gasteiger partial charge < -0.3 is 14.0 Å². The number of hydrogen-bond acceptors (Lipinski definition) is 7. The summed E-state index contributed by atoms with van der Waals surface area (Å²) < 4.78 is 42.2. The van der Waals surface area contributed by atoms with E-state index in [-0.39, 0.29) is 12.2 Å². The van der Waals surface area contributed by atoms with Crippen LogP contribution in [0.1, 0.15) is 20.3 Å². The lowest BCUT2D eigenvalue weighted by Crippen LogP contribution is -2.48. The molecule has 10 heteroatoms. The van der Waals surface area contributed by atoms with E-state index in [1.54, 1.807) is 27.8 Å². The normalized spacial score (nSPS) is 22.1. The topological polar surface area (TPSA) is 76.4 Å². The molecule has 2 atom stereocenters. The van der Waals surface area contributed by atoms with Gasteiger partial charge in [-0.3, -0.25) is 4.90 Å². The molecule has 38 heavy (non-hydrogen) atoms. The van der Waals surface area contributed by atoms with Gasteiger partial charge in [0.1, 0.15) is 0 Å². The molecule has 2 aliphatic heterocycles. The average molecular weight is 557 g/mol. The second kappa shape index (κ2) is 12.2. The van der Waals surface area contributed by atoms with Crippen molar-refractivity contribution in [1.82, 2.24) is 13.8 Å². The SMILES string of the molecule is C[C@@H]1CN(S(=O)(=O)c2cccc(-c3csc(=Nc4ccccc4)n3CCCN3CCOCC3)c2)C[C@@H](C)O1. The molecule has 2 aliphatic rings. The van der Waals surface area contributed by atoms with Crippen molar-refractivity contribution in [2.45, 2.75) is 43.9 Å². The molecule has 0 spiro atoms. The van der Waals surface area contributed by atoms with Crippen LogP contribution in [0.15, 0.2) is 69.9 Å². The van der Waals surface area contributed by atoms with Crippen LogP contribution in [0, 0.1) is 0 Å². The first-order chi connectivity index (χ1) is 18.4. The van der Waals surface area contributed by atoms with Gasteiger partial charge in [0.2, 0.25) is 10.0 Å². The Hall–Kier alpha value is -2.34. The van der Waals surface area contributed by atoms with Gasteiger partial charge in [0, 0.05) is 50.2 Å². The monoisotopic (exact) mass is 556 g/mol. The Bertz CT molecular complexity index is 1370. The van der Waals surface area contributed by atoms with Crippen LogP contribution in [0.2, 0.25) is 0 Å². The Labute approximate surface area is 229 Å². The summed E-state index contributed by atoms with van der Waals surface area (Å²) in [5.74, 6) is 0. The predicted octanol–water partition coefficient (Wildman–Crippen LogP) is 3.97. The summed E-state index contributed by atoms with van der Waals surface area (Å²) in [6, 6.07) is 17.2. The van der Waals surface area contributed by atoms with Crippen molar-refractivity contribution in [2.24, 2.45) is 4.99 Å². The Kier molecular flexibility index (Phi) is 8.77. The number of benzene rings is 2. The average Bonchev–Trinajstić information content (AvgIpc) is 3.31. The predicted molar refractivity (Wildman–Crippen MR) is 150 cm³/mol. The fourth-order valence-electron chi connectivity index (χ4n) is 5.05. The maximum atomic E-state index is 13.6. The number of morpholine rings is 2. The number of thiazole rings is 1. The Morgan fingerprint density at radius 3 is 2.45 bits per heavy atom. The molecule has 8 nitrogen and oxygen atoms in total. The van der Waals surface area contributed by atoms with Crippen LogP contribution in [-0.2, 0) is 26.0 Å². The van der Waals surface area contributed by atoms with Crippen LogP contribution in [0.3, 0.4) is 0 Å². The van der Waals surface area contributed by atoms with Crippen LogP contribution >= 0.6 is 11.3 Å².